The average Bonchev–Trinajstić information content (AvgIpc) is 3.00. The smallest absolute Gasteiger partial charge is 0.323 e. The molecular weight excluding hydrogens is 532 g/mol. The Kier molecular flexibility index (Phi) is 10.9. The van der Waals surface area contributed by atoms with Crippen LogP contribution < -0.4 is 35.2 Å². The molecule has 0 bridgehead atoms. The molecule has 3 amide bonds. The Morgan fingerprint density at radius 1 is 0.857 bits per heavy atom. The SMILES string of the molecule is CCOc1ccccc1NC(=O)Nc1ccc(N2CCN(c3ccccc3OC)CC2)c(C(=O)NCCCN(C)C)c1. The second kappa shape index (κ2) is 15.0. The van der Waals surface area contributed by atoms with Gasteiger partial charge in [-0.15, -0.1) is 0 Å². The molecule has 1 fully saturated rings. The van der Waals surface area contributed by atoms with Crippen LogP contribution in [0.3, 0.4) is 0 Å². The zero-order chi connectivity index (χ0) is 29.9. The number of hydrogen-bond acceptors (Lipinski definition) is 7. The summed E-state index contributed by atoms with van der Waals surface area (Å²) in [6.45, 7) is 6.86. The summed E-state index contributed by atoms with van der Waals surface area (Å²) in [6, 6.07) is 20.4. The first kappa shape index (κ1) is 30.5. The lowest BCUT2D eigenvalue weighted by Gasteiger charge is -2.38. The predicted octanol–water partition coefficient (Wildman–Crippen LogP) is 4.75. The van der Waals surface area contributed by atoms with Crippen LogP contribution in [0.15, 0.2) is 66.7 Å². The molecular formula is C32H42N6O4. The second-order valence-electron chi connectivity index (χ2n) is 10.3. The van der Waals surface area contributed by atoms with Crippen molar-refractivity contribution in [1.29, 1.82) is 0 Å². The number of urea groups is 1. The third-order valence-corrected chi connectivity index (χ3v) is 7.05. The zero-order valence-corrected chi connectivity index (χ0v) is 25.0. The number of piperazine rings is 1. The van der Waals surface area contributed by atoms with Crippen LogP contribution in [0.4, 0.5) is 27.5 Å². The van der Waals surface area contributed by atoms with Crippen molar-refractivity contribution in [2.75, 3.05) is 87.5 Å². The molecule has 0 saturated carbocycles. The minimum Gasteiger partial charge on any atom is -0.495 e. The Morgan fingerprint density at radius 2 is 1.52 bits per heavy atom. The highest BCUT2D eigenvalue weighted by molar-refractivity contribution is 6.04. The van der Waals surface area contributed by atoms with Crippen molar-refractivity contribution in [2.24, 2.45) is 0 Å². The minimum absolute atomic E-state index is 0.165. The lowest BCUT2D eigenvalue weighted by Crippen LogP contribution is -2.47. The van der Waals surface area contributed by atoms with Gasteiger partial charge in [0.25, 0.3) is 5.91 Å². The summed E-state index contributed by atoms with van der Waals surface area (Å²) in [6.07, 6.45) is 0.839. The molecule has 224 valence electrons. The fourth-order valence-corrected chi connectivity index (χ4v) is 4.98. The largest absolute Gasteiger partial charge is 0.495 e. The van der Waals surface area contributed by atoms with Crippen LogP contribution in [0.25, 0.3) is 0 Å². The van der Waals surface area contributed by atoms with E-state index in [0.29, 0.717) is 35.8 Å². The van der Waals surface area contributed by atoms with E-state index in [-0.39, 0.29) is 5.91 Å². The number of para-hydroxylation sites is 4. The predicted molar refractivity (Wildman–Crippen MR) is 170 cm³/mol. The summed E-state index contributed by atoms with van der Waals surface area (Å²) in [7, 11) is 5.71. The van der Waals surface area contributed by atoms with Crippen molar-refractivity contribution in [3.63, 3.8) is 0 Å². The average molecular weight is 575 g/mol. The summed E-state index contributed by atoms with van der Waals surface area (Å²) in [4.78, 5) is 33.0. The number of rotatable bonds is 12. The van der Waals surface area contributed by atoms with Crippen LogP contribution in [0.5, 0.6) is 11.5 Å². The molecule has 0 aliphatic carbocycles. The summed E-state index contributed by atoms with van der Waals surface area (Å²) in [5.74, 6) is 1.28. The first-order valence-electron chi connectivity index (χ1n) is 14.4. The van der Waals surface area contributed by atoms with E-state index in [0.717, 1.165) is 56.3 Å². The maximum atomic E-state index is 13.4. The molecule has 0 unspecified atom stereocenters. The summed E-state index contributed by atoms with van der Waals surface area (Å²) in [5.41, 5.74) is 3.53. The molecule has 0 spiro atoms. The summed E-state index contributed by atoms with van der Waals surface area (Å²) >= 11 is 0. The van der Waals surface area contributed by atoms with Gasteiger partial charge in [-0.25, -0.2) is 4.79 Å². The first-order chi connectivity index (χ1) is 20.4. The van der Waals surface area contributed by atoms with E-state index in [9.17, 15) is 9.59 Å². The Labute approximate surface area is 248 Å². The normalized spacial score (nSPS) is 13.1. The lowest BCUT2D eigenvalue weighted by atomic mass is 10.1. The van der Waals surface area contributed by atoms with Crippen molar-refractivity contribution in [3.8, 4) is 11.5 Å². The van der Waals surface area contributed by atoms with E-state index >= 15 is 0 Å². The number of amides is 3. The maximum absolute atomic E-state index is 13.4. The summed E-state index contributed by atoms with van der Waals surface area (Å²) < 4.78 is 11.2. The highest BCUT2D eigenvalue weighted by Gasteiger charge is 2.24. The Bertz CT molecular complexity index is 1340. The quantitative estimate of drug-likeness (QED) is 0.269. The van der Waals surface area contributed by atoms with E-state index in [1.807, 2.05) is 63.5 Å². The molecule has 0 radical (unpaired) electrons. The number of nitrogens with one attached hydrogen (secondary N) is 3. The molecule has 4 rings (SSSR count). The van der Waals surface area contributed by atoms with Crippen LogP contribution in [0.2, 0.25) is 0 Å². The van der Waals surface area contributed by atoms with Gasteiger partial charge in [-0.05, 0) is 76.4 Å². The number of carbonyl (C=O) groups is 2. The molecule has 10 nitrogen and oxygen atoms in total. The van der Waals surface area contributed by atoms with Gasteiger partial charge in [-0.2, -0.15) is 0 Å². The maximum Gasteiger partial charge on any atom is 0.323 e. The summed E-state index contributed by atoms with van der Waals surface area (Å²) in [5, 5.41) is 8.78. The molecule has 1 heterocycles. The molecule has 10 heteroatoms. The molecule has 0 aromatic heterocycles. The number of nitrogens with zero attached hydrogens (tertiary/aromatic N) is 3. The zero-order valence-electron chi connectivity index (χ0n) is 25.0. The Morgan fingerprint density at radius 3 is 2.21 bits per heavy atom. The van der Waals surface area contributed by atoms with Gasteiger partial charge in [0.2, 0.25) is 0 Å². The fourth-order valence-electron chi connectivity index (χ4n) is 4.98. The van der Waals surface area contributed by atoms with Gasteiger partial charge in [-0.1, -0.05) is 24.3 Å². The van der Waals surface area contributed by atoms with Gasteiger partial charge in [-0.3, -0.25) is 4.79 Å². The fraction of sp³-hybridized carbons (Fsp3) is 0.375. The topological polar surface area (TPSA) is 98.4 Å². The van der Waals surface area contributed by atoms with E-state index in [1.165, 1.54) is 0 Å². The third kappa shape index (κ3) is 8.07. The Balaban J connectivity index is 1.50. The lowest BCUT2D eigenvalue weighted by molar-refractivity contribution is 0.0952. The van der Waals surface area contributed by atoms with Crippen molar-refractivity contribution >= 4 is 34.7 Å². The van der Waals surface area contributed by atoms with Crippen LogP contribution in [0.1, 0.15) is 23.7 Å². The first-order valence-corrected chi connectivity index (χ1v) is 14.4. The third-order valence-electron chi connectivity index (χ3n) is 7.05. The number of carbonyl (C=O) groups excluding carboxylic acids is 2. The number of ether oxygens (including phenoxy) is 2. The number of benzene rings is 3. The van der Waals surface area contributed by atoms with Gasteiger partial charge in [0.1, 0.15) is 11.5 Å². The van der Waals surface area contributed by atoms with Crippen molar-refractivity contribution < 1.29 is 19.1 Å². The molecule has 3 aromatic carbocycles. The van der Waals surface area contributed by atoms with Crippen molar-refractivity contribution in [1.82, 2.24) is 10.2 Å². The number of methoxy groups -OCH3 is 1. The van der Waals surface area contributed by atoms with E-state index < -0.39 is 6.03 Å². The molecule has 0 atom stereocenters. The number of hydrogen-bond donors (Lipinski definition) is 3. The van der Waals surface area contributed by atoms with Crippen LogP contribution in [0, 0.1) is 0 Å². The molecule has 1 aliphatic heterocycles. The highest BCUT2D eigenvalue weighted by Crippen LogP contribution is 2.31. The highest BCUT2D eigenvalue weighted by atomic mass is 16.5. The monoisotopic (exact) mass is 574 g/mol. The van der Waals surface area contributed by atoms with Gasteiger partial charge in [0.15, 0.2) is 0 Å². The number of anilines is 4. The molecule has 1 saturated heterocycles. The van der Waals surface area contributed by atoms with Crippen molar-refractivity contribution in [2.45, 2.75) is 13.3 Å². The van der Waals surface area contributed by atoms with Gasteiger partial charge in [0, 0.05) is 44.1 Å². The standard InChI is InChI=1S/C32H42N6O4/c1-5-42-29-13-8-6-11-26(29)35-32(40)34-24-15-16-27(25(23-24)31(39)33-17-10-18-36(2)3)37-19-21-38(22-20-37)28-12-7-9-14-30(28)41-4/h6-9,11-16,23H,5,10,17-22H2,1-4H3,(H,33,39)(H2,34,35,40). The van der Waals surface area contributed by atoms with Crippen LogP contribution >= 0.6 is 0 Å². The van der Waals surface area contributed by atoms with E-state index in [2.05, 4.69) is 36.7 Å². The van der Waals surface area contributed by atoms with Crippen LogP contribution in [-0.4, -0.2) is 83.9 Å². The molecule has 42 heavy (non-hydrogen) atoms. The van der Waals surface area contributed by atoms with E-state index in [1.54, 1.807) is 25.3 Å². The van der Waals surface area contributed by atoms with Gasteiger partial charge >= 0.3 is 6.03 Å². The van der Waals surface area contributed by atoms with Crippen molar-refractivity contribution in [3.05, 3.63) is 72.3 Å². The second-order valence-corrected chi connectivity index (χ2v) is 10.3. The van der Waals surface area contributed by atoms with Gasteiger partial charge < -0.3 is 40.1 Å². The molecule has 3 N–H and O–H groups in total. The van der Waals surface area contributed by atoms with Gasteiger partial charge in [0.05, 0.1) is 30.7 Å². The molecule has 3 aromatic rings. The molecule has 1 aliphatic rings. The Hall–Kier alpha value is -4.44. The minimum atomic E-state index is -0.419. The van der Waals surface area contributed by atoms with Crippen LogP contribution in [-0.2, 0) is 0 Å². The van der Waals surface area contributed by atoms with E-state index in [4.69, 9.17) is 9.47 Å².